The number of rotatable bonds is 3. The summed E-state index contributed by atoms with van der Waals surface area (Å²) in [5.74, 6) is -1.25. The summed E-state index contributed by atoms with van der Waals surface area (Å²) in [7, 11) is 0. The van der Waals surface area contributed by atoms with Gasteiger partial charge in [-0.05, 0) is 19.1 Å². The number of carboxylic acid groups (broad SMARTS) is 1. The molecule has 2 rings (SSSR count). The molecule has 1 heterocycles. The highest BCUT2D eigenvalue weighted by Gasteiger charge is 2.21. The SMILES string of the molecule is CCn1cc(C(O)C(=O)O)c2ccc(Cl)cc21. The number of aliphatic carboxylic acids is 1. The summed E-state index contributed by atoms with van der Waals surface area (Å²) in [6.07, 6.45) is 0.145. The molecule has 0 aliphatic heterocycles. The van der Waals surface area contributed by atoms with Gasteiger partial charge in [0, 0.05) is 34.2 Å². The number of benzene rings is 1. The third-order valence-corrected chi connectivity index (χ3v) is 2.98. The van der Waals surface area contributed by atoms with Crippen LogP contribution in [0.15, 0.2) is 24.4 Å². The number of nitrogens with zero attached hydrogens (tertiary/aromatic N) is 1. The number of carboxylic acids is 1. The fourth-order valence-corrected chi connectivity index (χ4v) is 2.07. The summed E-state index contributed by atoms with van der Waals surface area (Å²) in [5.41, 5.74) is 1.22. The number of aliphatic hydroxyl groups is 1. The quantitative estimate of drug-likeness (QED) is 0.883. The molecule has 5 heteroatoms. The first-order valence-electron chi connectivity index (χ1n) is 5.23. The van der Waals surface area contributed by atoms with E-state index in [4.69, 9.17) is 16.7 Å². The molecule has 0 amide bonds. The summed E-state index contributed by atoms with van der Waals surface area (Å²) in [6.45, 7) is 2.63. The van der Waals surface area contributed by atoms with Gasteiger partial charge in [0.15, 0.2) is 6.10 Å². The highest BCUT2D eigenvalue weighted by molar-refractivity contribution is 6.31. The summed E-state index contributed by atoms with van der Waals surface area (Å²) in [5, 5.41) is 19.8. The highest BCUT2D eigenvalue weighted by atomic mass is 35.5. The van der Waals surface area contributed by atoms with E-state index in [1.54, 1.807) is 24.4 Å². The topological polar surface area (TPSA) is 62.5 Å². The van der Waals surface area contributed by atoms with Crippen molar-refractivity contribution in [3.63, 3.8) is 0 Å². The van der Waals surface area contributed by atoms with E-state index in [0.717, 1.165) is 5.52 Å². The fourth-order valence-electron chi connectivity index (χ4n) is 1.91. The molecule has 0 aliphatic rings. The molecular weight excluding hydrogens is 242 g/mol. The van der Waals surface area contributed by atoms with Crippen molar-refractivity contribution in [3.05, 3.63) is 35.0 Å². The van der Waals surface area contributed by atoms with E-state index in [1.807, 2.05) is 11.5 Å². The predicted molar refractivity (Wildman–Crippen MR) is 65.2 cm³/mol. The zero-order chi connectivity index (χ0) is 12.6. The van der Waals surface area contributed by atoms with Gasteiger partial charge >= 0.3 is 5.97 Å². The van der Waals surface area contributed by atoms with Crippen LogP contribution in [0.4, 0.5) is 0 Å². The molecule has 0 bridgehead atoms. The Kier molecular flexibility index (Phi) is 3.09. The maximum atomic E-state index is 10.8. The van der Waals surface area contributed by atoms with Gasteiger partial charge in [-0.15, -0.1) is 0 Å². The molecule has 1 unspecified atom stereocenters. The number of aromatic nitrogens is 1. The van der Waals surface area contributed by atoms with Crippen LogP contribution in [0.3, 0.4) is 0 Å². The molecule has 0 fully saturated rings. The fraction of sp³-hybridized carbons (Fsp3) is 0.250. The Hall–Kier alpha value is -1.52. The van der Waals surface area contributed by atoms with Crippen LogP contribution >= 0.6 is 11.6 Å². The minimum absolute atomic E-state index is 0.394. The van der Waals surface area contributed by atoms with E-state index in [1.165, 1.54) is 0 Å². The molecular formula is C12H12ClNO3. The lowest BCUT2D eigenvalue weighted by atomic mass is 10.1. The first-order valence-corrected chi connectivity index (χ1v) is 5.61. The van der Waals surface area contributed by atoms with Gasteiger partial charge in [0.2, 0.25) is 0 Å². The maximum Gasteiger partial charge on any atom is 0.337 e. The molecule has 17 heavy (non-hydrogen) atoms. The molecule has 2 N–H and O–H groups in total. The van der Waals surface area contributed by atoms with Crippen molar-refractivity contribution in [2.24, 2.45) is 0 Å². The normalized spacial score (nSPS) is 12.9. The lowest BCUT2D eigenvalue weighted by Crippen LogP contribution is -2.09. The van der Waals surface area contributed by atoms with Crippen LogP contribution in [0.1, 0.15) is 18.6 Å². The number of hydrogen-bond donors (Lipinski definition) is 2. The Bertz CT molecular complexity index is 576. The molecule has 1 atom stereocenters. The molecule has 2 aromatic rings. The minimum atomic E-state index is -1.51. The Balaban J connectivity index is 2.69. The zero-order valence-electron chi connectivity index (χ0n) is 9.22. The van der Waals surface area contributed by atoms with Gasteiger partial charge in [-0.25, -0.2) is 4.79 Å². The second kappa shape index (κ2) is 4.39. The molecule has 0 saturated carbocycles. The van der Waals surface area contributed by atoms with Gasteiger partial charge in [-0.2, -0.15) is 0 Å². The number of fused-ring (bicyclic) bond motifs is 1. The van der Waals surface area contributed by atoms with Gasteiger partial charge in [-0.3, -0.25) is 0 Å². The van der Waals surface area contributed by atoms with E-state index in [2.05, 4.69) is 0 Å². The van der Waals surface area contributed by atoms with E-state index < -0.39 is 12.1 Å². The smallest absolute Gasteiger partial charge is 0.337 e. The van der Waals surface area contributed by atoms with Crippen LogP contribution in [-0.4, -0.2) is 20.7 Å². The molecule has 0 aliphatic carbocycles. The molecule has 0 spiro atoms. The summed E-state index contributed by atoms with van der Waals surface area (Å²) in [4.78, 5) is 10.8. The van der Waals surface area contributed by atoms with Gasteiger partial charge < -0.3 is 14.8 Å². The first kappa shape index (κ1) is 12.0. The van der Waals surface area contributed by atoms with Crippen LogP contribution in [-0.2, 0) is 11.3 Å². The van der Waals surface area contributed by atoms with E-state index >= 15 is 0 Å². The lowest BCUT2D eigenvalue weighted by Gasteiger charge is -2.02. The van der Waals surface area contributed by atoms with Crippen molar-refractivity contribution < 1.29 is 15.0 Å². The van der Waals surface area contributed by atoms with Crippen LogP contribution in [0.2, 0.25) is 5.02 Å². The average molecular weight is 254 g/mol. The molecule has 90 valence electrons. The number of aliphatic hydroxyl groups excluding tert-OH is 1. The highest BCUT2D eigenvalue weighted by Crippen LogP contribution is 2.29. The first-order chi connectivity index (χ1) is 8.04. The van der Waals surface area contributed by atoms with Gasteiger partial charge in [0.25, 0.3) is 0 Å². The number of aryl methyl sites for hydroxylation is 1. The van der Waals surface area contributed by atoms with Crippen molar-refractivity contribution >= 4 is 28.5 Å². The van der Waals surface area contributed by atoms with Crippen molar-refractivity contribution in [1.29, 1.82) is 0 Å². The third kappa shape index (κ3) is 2.01. The van der Waals surface area contributed by atoms with E-state index in [0.29, 0.717) is 22.5 Å². The van der Waals surface area contributed by atoms with E-state index in [9.17, 15) is 9.90 Å². The lowest BCUT2D eigenvalue weighted by molar-refractivity contribution is -0.146. The summed E-state index contributed by atoms with van der Waals surface area (Å²) >= 11 is 5.91. The number of carbonyl (C=O) groups is 1. The predicted octanol–water partition coefficient (Wildman–Crippen LogP) is 2.43. The maximum absolute atomic E-state index is 10.8. The third-order valence-electron chi connectivity index (χ3n) is 2.74. The molecule has 1 aromatic heterocycles. The largest absolute Gasteiger partial charge is 0.479 e. The van der Waals surface area contributed by atoms with Crippen molar-refractivity contribution in [2.45, 2.75) is 19.6 Å². The van der Waals surface area contributed by atoms with Gasteiger partial charge in [0.05, 0.1) is 0 Å². The number of hydrogen-bond acceptors (Lipinski definition) is 2. The molecule has 4 nitrogen and oxygen atoms in total. The molecule has 0 radical (unpaired) electrons. The van der Waals surface area contributed by atoms with Crippen LogP contribution in [0, 0.1) is 0 Å². The van der Waals surface area contributed by atoms with Crippen molar-refractivity contribution in [1.82, 2.24) is 4.57 Å². The van der Waals surface area contributed by atoms with Crippen molar-refractivity contribution in [3.8, 4) is 0 Å². The van der Waals surface area contributed by atoms with Crippen LogP contribution in [0.25, 0.3) is 10.9 Å². The standard InChI is InChI=1S/C12H12ClNO3/c1-2-14-6-9(11(15)12(16)17)8-4-3-7(13)5-10(8)14/h3-6,11,15H,2H2,1H3,(H,16,17). The van der Waals surface area contributed by atoms with Gasteiger partial charge in [-0.1, -0.05) is 17.7 Å². The zero-order valence-corrected chi connectivity index (χ0v) is 9.98. The Morgan fingerprint density at radius 1 is 1.53 bits per heavy atom. The van der Waals surface area contributed by atoms with Crippen LogP contribution < -0.4 is 0 Å². The van der Waals surface area contributed by atoms with Gasteiger partial charge in [0.1, 0.15) is 0 Å². The van der Waals surface area contributed by atoms with Crippen LogP contribution in [0.5, 0.6) is 0 Å². The number of halogens is 1. The Labute approximate surface area is 103 Å². The second-order valence-corrected chi connectivity index (χ2v) is 4.21. The molecule has 0 saturated heterocycles. The summed E-state index contributed by atoms with van der Waals surface area (Å²) < 4.78 is 1.86. The second-order valence-electron chi connectivity index (χ2n) is 3.77. The molecule has 1 aromatic carbocycles. The monoisotopic (exact) mass is 253 g/mol. The Morgan fingerprint density at radius 3 is 2.82 bits per heavy atom. The minimum Gasteiger partial charge on any atom is -0.479 e. The summed E-state index contributed by atoms with van der Waals surface area (Å²) in [6, 6.07) is 5.17. The van der Waals surface area contributed by atoms with E-state index in [-0.39, 0.29) is 0 Å². The average Bonchev–Trinajstić information content (AvgIpc) is 2.65. The Morgan fingerprint density at radius 2 is 2.24 bits per heavy atom. The van der Waals surface area contributed by atoms with Crippen molar-refractivity contribution in [2.75, 3.05) is 0 Å².